The van der Waals surface area contributed by atoms with Crippen LogP contribution in [-0.4, -0.2) is 11.0 Å². The van der Waals surface area contributed by atoms with E-state index in [0.717, 1.165) is 18.0 Å². The number of aromatic nitrogens is 1. The molecule has 3 rings (SSSR count). The molecule has 4 heteroatoms. The van der Waals surface area contributed by atoms with Crippen LogP contribution in [0.5, 0.6) is 11.5 Å². The van der Waals surface area contributed by atoms with Gasteiger partial charge in [-0.25, -0.2) is 0 Å². The summed E-state index contributed by atoms with van der Waals surface area (Å²) < 4.78 is 5.77. The fraction of sp³-hybridized carbons (Fsp3) is 0.267. The molecule has 0 aliphatic heterocycles. The number of benzene rings is 1. The molecule has 98 valence electrons. The molecule has 1 aliphatic rings. The molecule has 19 heavy (non-hydrogen) atoms. The molecule has 0 saturated heterocycles. The minimum atomic E-state index is 0.608. The first-order chi connectivity index (χ1) is 9.31. The first kappa shape index (κ1) is 12.5. The van der Waals surface area contributed by atoms with Crippen LogP contribution in [0.25, 0.3) is 0 Å². The van der Waals surface area contributed by atoms with Crippen LogP contribution in [-0.2, 0) is 6.54 Å². The Hall–Kier alpha value is -1.58. The van der Waals surface area contributed by atoms with Gasteiger partial charge in [0.25, 0.3) is 0 Å². The number of halogens is 1. The first-order valence-corrected chi connectivity index (χ1v) is 6.80. The van der Waals surface area contributed by atoms with Gasteiger partial charge in [-0.05, 0) is 31.0 Å². The summed E-state index contributed by atoms with van der Waals surface area (Å²) in [7, 11) is 0. The average molecular weight is 275 g/mol. The predicted octanol–water partition coefficient (Wildman–Crippen LogP) is 3.78. The Morgan fingerprint density at radius 2 is 2.11 bits per heavy atom. The van der Waals surface area contributed by atoms with Crippen molar-refractivity contribution < 1.29 is 4.74 Å². The molecule has 1 aromatic carbocycles. The van der Waals surface area contributed by atoms with Crippen molar-refractivity contribution in [3.63, 3.8) is 0 Å². The zero-order chi connectivity index (χ0) is 13.1. The van der Waals surface area contributed by atoms with Crippen LogP contribution >= 0.6 is 11.6 Å². The highest BCUT2D eigenvalue weighted by molar-refractivity contribution is 6.32. The number of hydrogen-bond acceptors (Lipinski definition) is 3. The molecule has 0 spiro atoms. The molecule has 0 bridgehead atoms. The third-order valence-corrected chi connectivity index (χ3v) is 3.31. The minimum Gasteiger partial charge on any atom is -0.456 e. The van der Waals surface area contributed by atoms with Crippen molar-refractivity contribution in [3.05, 3.63) is 53.3 Å². The smallest absolute Gasteiger partial charge is 0.146 e. The van der Waals surface area contributed by atoms with Crippen LogP contribution in [0.1, 0.15) is 18.5 Å². The van der Waals surface area contributed by atoms with Crippen LogP contribution in [0.4, 0.5) is 0 Å². The molecule has 1 N–H and O–H groups in total. The molecular formula is C15H15ClN2O. The number of ether oxygens (including phenoxy) is 1. The Kier molecular flexibility index (Phi) is 3.67. The number of nitrogens with zero attached hydrogens (tertiary/aromatic N) is 1. The van der Waals surface area contributed by atoms with Crippen LogP contribution in [0.15, 0.2) is 42.6 Å². The van der Waals surface area contributed by atoms with Crippen molar-refractivity contribution in [2.24, 2.45) is 0 Å². The van der Waals surface area contributed by atoms with Crippen molar-refractivity contribution in [3.8, 4) is 11.5 Å². The SMILES string of the molecule is Clc1ccccc1Oc1ccnc(CNC2CC2)c1. The third kappa shape index (κ3) is 3.46. The Balaban J connectivity index is 1.70. The molecule has 1 fully saturated rings. The molecule has 0 unspecified atom stereocenters. The zero-order valence-corrected chi connectivity index (χ0v) is 11.2. The summed E-state index contributed by atoms with van der Waals surface area (Å²) in [5.41, 5.74) is 0.983. The quantitative estimate of drug-likeness (QED) is 0.901. The van der Waals surface area contributed by atoms with E-state index in [1.165, 1.54) is 12.8 Å². The van der Waals surface area contributed by atoms with Crippen LogP contribution in [0, 0.1) is 0 Å². The number of para-hydroxylation sites is 1. The van der Waals surface area contributed by atoms with Crippen molar-refractivity contribution in [2.75, 3.05) is 0 Å². The summed E-state index contributed by atoms with van der Waals surface area (Å²) in [6.45, 7) is 0.782. The van der Waals surface area contributed by atoms with Gasteiger partial charge >= 0.3 is 0 Å². The normalized spacial score (nSPS) is 14.4. The number of rotatable bonds is 5. The van der Waals surface area contributed by atoms with E-state index in [-0.39, 0.29) is 0 Å². The highest BCUT2D eigenvalue weighted by Crippen LogP contribution is 2.28. The molecule has 2 aromatic rings. The topological polar surface area (TPSA) is 34.1 Å². The van der Waals surface area contributed by atoms with E-state index >= 15 is 0 Å². The molecule has 1 aromatic heterocycles. The lowest BCUT2D eigenvalue weighted by molar-refractivity contribution is 0.480. The van der Waals surface area contributed by atoms with Gasteiger partial charge in [0.2, 0.25) is 0 Å². The van der Waals surface area contributed by atoms with Crippen molar-refractivity contribution >= 4 is 11.6 Å². The van der Waals surface area contributed by atoms with Gasteiger partial charge in [0.05, 0.1) is 10.7 Å². The largest absolute Gasteiger partial charge is 0.456 e. The second kappa shape index (κ2) is 5.59. The lowest BCUT2D eigenvalue weighted by Gasteiger charge is -2.08. The van der Waals surface area contributed by atoms with Gasteiger partial charge in [-0.2, -0.15) is 0 Å². The molecule has 1 heterocycles. The second-order valence-corrected chi connectivity index (χ2v) is 5.08. The Morgan fingerprint density at radius 3 is 2.89 bits per heavy atom. The first-order valence-electron chi connectivity index (χ1n) is 6.42. The van der Waals surface area contributed by atoms with Gasteiger partial charge < -0.3 is 10.1 Å². The van der Waals surface area contributed by atoms with E-state index in [2.05, 4.69) is 10.3 Å². The lowest BCUT2D eigenvalue weighted by atomic mass is 10.3. The van der Waals surface area contributed by atoms with Gasteiger partial charge in [0.1, 0.15) is 11.5 Å². The molecule has 0 amide bonds. The van der Waals surface area contributed by atoms with Gasteiger partial charge in [0.15, 0.2) is 0 Å². The summed E-state index contributed by atoms with van der Waals surface area (Å²) in [6.07, 6.45) is 4.31. The zero-order valence-electron chi connectivity index (χ0n) is 10.5. The second-order valence-electron chi connectivity index (χ2n) is 4.67. The van der Waals surface area contributed by atoms with E-state index in [1.807, 2.05) is 36.4 Å². The summed E-state index contributed by atoms with van der Waals surface area (Å²) in [5.74, 6) is 1.42. The van der Waals surface area contributed by atoms with Gasteiger partial charge in [-0.15, -0.1) is 0 Å². The summed E-state index contributed by atoms with van der Waals surface area (Å²) in [4.78, 5) is 4.33. The highest BCUT2D eigenvalue weighted by Gasteiger charge is 2.20. The minimum absolute atomic E-state index is 0.608. The van der Waals surface area contributed by atoms with Gasteiger partial charge in [-0.3, -0.25) is 4.98 Å². The molecule has 1 aliphatic carbocycles. The number of nitrogens with one attached hydrogen (secondary N) is 1. The Labute approximate surface area is 117 Å². The maximum absolute atomic E-state index is 6.07. The Bertz CT molecular complexity index is 570. The highest BCUT2D eigenvalue weighted by atomic mass is 35.5. The molecule has 0 radical (unpaired) electrons. The average Bonchev–Trinajstić information content (AvgIpc) is 3.24. The van der Waals surface area contributed by atoms with Crippen LogP contribution in [0.2, 0.25) is 5.02 Å². The molecule has 0 atom stereocenters. The fourth-order valence-electron chi connectivity index (χ4n) is 1.81. The standard InChI is InChI=1S/C15H15ClN2O/c16-14-3-1-2-4-15(14)19-13-7-8-17-12(9-13)10-18-11-5-6-11/h1-4,7-9,11,18H,5-6,10H2. The van der Waals surface area contributed by atoms with E-state index in [9.17, 15) is 0 Å². The van der Waals surface area contributed by atoms with E-state index in [0.29, 0.717) is 16.8 Å². The number of hydrogen-bond donors (Lipinski definition) is 1. The fourth-order valence-corrected chi connectivity index (χ4v) is 1.98. The summed E-state index contributed by atoms with van der Waals surface area (Å²) in [5, 5.41) is 4.04. The maximum atomic E-state index is 6.07. The van der Waals surface area contributed by atoms with Gasteiger partial charge in [0, 0.05) is 24.8 Å². The van der Waals surface area contributed by atoms with Crippen molar-refractivity contribution in [2.45, 2.75) is 25.4 Å². The lowest BCUT2D eigenvalue weighted by Crippen LogP contribution is -2.16. The summed E-state index contributed by atoms with van der Waals surface area (Å²) in [6, 6.07) is 11.9. The summed E-state index contributed by atoms with van der Waals surface area (Å²) >= 11 is 6.07. The maximum Gasteiger partial charge on any atom is 0.146 e. The van der Waals surface area contributed by atoms with E-state index in [1.54, 1.807) is 6.20 Å². The molecule has 1 saturated carbocycles. The van der Waals surface area contributed by atoms with E-state index in [4.69, 9.17) is 16.3 Å². The van der Waals surface area contributed by atoms with Crippen LogP contribution < -0.4 is 10.1 Å². The monoisotopic (exact) mass is 274 g/mol. The van der Waals surface area contributed by atoms with Gasteiger partial charge in [-0.1, -0.05) is 23.7 Å². The van der Waals surface area contributed by atoms with E-state index < -0.39 is 0 Å². The van der Waals surface area contributed by atoms with Crippen molar-refractivity contribution in [1.82, 2.24) is 10.3 Å². The third-order valence-electron chi connectivity index (χ3n) is 3.00. The van der Waals surface area contributed by atoms with Crippen molar-refractivity contribution in [1.29, 1.82) is 0 Å². The Morgan fingerprint density at radius 1 is 1.26 bits per heavy atom. The molecular weight excluding hydrogens is 260 g/mol. The predicted molar refractivity (Wildman–Crippen MR) is 75.6 cm³/mol. The number of pyridine rings is 1. The molecule has 3 nitrogen and oxygen atoms in total. The van der Waals surface area contributed by atoms with Crippen LogP contribution in [0.3, 0.4) is 0 Å².